The van der Waals surface area contributed by atoms with Crippen LogP contribution in [0.25, 0.3) is 10.9 Å². The van der Waals surface area contributed by atoms with E-state index in [-0.39, 0.29) is 5.91 Å². The summed E-state index contributed by atoms with van der Waals surface area (Å²) in [5.74, 6) is 0.639. The van der Waals surface area contributed by atoms with Gasteiger partial charge in [-0.2, -0.15) is 0 Å². The van der Waals surface area contributed by atoms with Gasteiger partial charge in [0.15, 0.2) is 16.6 Å². The van der Waals surface area contributed by atoms with E-state index < -0.39 is 11.9 Å². The Kier molecular flexibility index (Phi) is 6.16. The topological polar surface area (TPSA) is 104 Å². The Morgan fingerprint density at radius 2 is 1.83 bits per heavy atom. The number of nitrogens with zero attached hydrogens (tertiary/aromatic N) is 2. The van der Waals surface area contributed by atoms with Crippen molar-refractivity contribution >= 4 is 39.2 Å². The Labute approximate surface area is 177 Å². The number of carbonyl (C=O) groups is 2. The summed E-state index contributed by atoms with van der Waals surface area (Å²) in [6, 6.07) is 2.73. The standard InChI is InChI=1S/C20H24N4O5S/c1-10-9-21-20(30-10)23-18(25)11(2)22-19(26)13-7-12-8-14(27-4)16(28-5)17(29-6)15(12)24(13)3/h7-9,11H,1-6H3,(H,22,26)(H,21,23,25)/t11-/m1/s1. The monoisotopic (exact) mass is 432 g/mol. The molecule has 2 N–H and O–H groups in total. The molecule has 2 aromatic heterocycles. The highest BCUT2D eigenvalue weighted by Crippen LogP contribution is 2.44. The second-order valence-electron chi connectivity index (χ2n) is 6.63. The third-order valence-corrected chi connectivity index (χ3v) is 5.48. The van der Waals surface area contributed by atoms with Gasteiger partial charge in [0.1, 0.15) is 11.7 Å². The van der Waals surface area contributed by atoms with Crippen LogP contribution in [0.4, 0.5) is 5.13 Å². The lowest BCUT2D eigenvalue weighted by Gasteiger charge is -2.15. The van der Waals surface area contributed by atoms with Crippen LogP contribution < -0.4 is 24.8 Å². The van der Waals surface area contributed by atoms with Crippen LogP contribution in [0.3, 0.4) is 0 Å². The maximum absolute atomic E-state index is 12.9. The fraction of sp³-hybridized carbons (Fsp3) is 0.350. The molecule has 1 atom stereocenters. The summed E-state index contributed by atoms with van der Waals surface area (Å²) in [5, 5.41) is 6.66. The first-order valence-corrected chi connectivity index (χ1v) is 9.94. The number of anilines is 1. The number of hydrogen-bond donors (Lipinski definition) is 2. The summed E-state index contributed by atoms with van der Waals surface area (Å²) in [5.41, 5.74) is 1.04. The van der Waals surface area contributed by atoms with Crippen LogP contribution in [0.15, 0.2) is 18.3 Å². The number of thiazole rings is 1. The molecule has 10 heteroatoms. The number of amides is 2. The molecular weight excluding hydrogens is 408 g/mol. The lowest BCUT2D eigenvalue weighted by atomic mass is 10.2. The minimum absolute atomic E-state index is 0.350. The summed E-state index contributed by atoms with van der Waals surface area (Å²) in [4.78, 5) is 30.4. The van der Waals surface area contributed by atoms with Gasteiger partial charge in [-0.3, -0.25) is 9.59 Å². The molecule has 0 unspecified atom stereocenters. The van der Waals surface area contributed by atoms with Gasteiger partial charge in [-0.25, -0.2) is 4.98 Å². The van der Waals surface area contributed by atoms with Gasteiger partial charge in [-0.15, -0.1) is 11.3 Å². The van der Waals surface area contributed by atoms with E-state index in [2.05, 4.69) is 15.6 Å². The molecule has 2 amide bonds. The maximum atomic E-state index is 12.9. The van der Waals surface area contributed by atoms with E-state index in [9.17, 15) is 9.59 Å². The van der Waals surface area contributed by atoms with E-state index >= 15 is 0 Å². The van der Waals surface area contributed by atoms with Crippen LogP contribution in [-0.2, 0) is 11.8 Å². The first-order chi connectivity index (χ1) is 14.3. The van der Waals surface area contributed by atoms with Crippen molar-refractivity contribution < 1.29 is 23.8 Å². The Morgan fingerprint density at radius 3 is 2.40 bits per heavy atom. The average Bonchev–Trinajstić information content (AvgIpc) is 3.28. The summed E-state index contributed by atoms with van der Waals surface area (Å²) in [6.07, 6.45) is 1.68. The van der Waals surface area contributed by atoms with Crippen molar-refractivity contribution in [3.05, 3.63) is 28.9 Å². The molecule has 3 rings (SSSR count). The molecule has 0 bridgehead atoms. The van der Waals surface area contributed by atoms with Gasteiger partial charge in [0.25, 0.3) is 5.91 Å². The number of aryl methyl sites for hydroxylation is 2. The molecule has 0 spiro atoms. The normalized spacial score (nSPS) is 11.8. The SMILES string of the molecule is COc1cc2cc(C(=O)N[C@H](C)C(=O)Nc3ncc(C)s3)n(C)c2c(OC)c1OC. The molecule has 1 aromatic carbocycles. The minimum atomic E-state index is -0.759. The van der Waals surface area contributed by atoms with Crippen molar-refractivity contribution in [3.8, 4) is 17.2 Å². The highest BCUT2D eigenvalue weighted by atomic mass is 32.1. The van der Waals surface area contributed by atoms with Gasteiger partial charge >= 0.3 is 0 Å². The van der Waals surface area contributed by atoms with Crippen molar-refractivity contribution in [2.24, 2.45) is 7.05 Å². The Balaban J connectivity index is 1.87. The van der Waals surface area contributed by atoms with Crippen molar-refractivity contribution in [2.45, 2.75) is 19.9 Å². The van der Waals surface area contributed by atoms with Crippen molar-refractivity contribution in [1.82, 2.24) is 14.9 Å². The molecule has 0 aliphatic carbocycles. The molecule has 0 saturated carbocycles. The summed E-state index contributed by atoms with van der Waals surface area (Å²) in [7, 11) is 6.32. The molecular formula is C20H24N4O5S. The highest BCUT2D eigenvalue weighted by molar-refractivity contribution is 7.15. The fourth-order valence-electron chi connectivity index (χ4n) is 3.16. The largest absolute Gasteiger partial charge is 0.493 e. The lowest BCUT2D eigenvalue weighted by molar-refractivity contribution is -0.117. The summed E-state index contributed by atoms with van der Waals surface area (Å²) < 4.78 is 18.0. The van der Waals surface area contributed by atoms with Crippen molar-refractivity contribution in [3.63, 3.8) is 0 Å². The van der Waals surface area contributed by atoms with Gasteiger partial charge in [0, 0.05) is 23.5 Å². The third-order valence-electron chi connectivity index (χ3n) is 4.65. The predicted octanol–water partition coefficient (Wildman–Crippen LogP) is 2.73. The zero-order valence-corrected chi connectivity index (χ0v) is 18.5. The first kappa shape index (κ1) is 21.4. The molecule has 160 valence electrons. The number of fused-ring (bicyclic) bond motifs is 1. The van der Waals surface area contributed by atoms with Crippen LogP contribution >= 0.6 is 11.3 Å². The molecule has 0 aliphatic rings. The zero-order chi connectivity index (χ0) is 22.0. The molecule has 30 heavy (non-hydrogen) atoms. The van der Waals surface area contributed by atoms with Crippen molar-refractivity contribution in [1.29, 1.82) is 0 Å². The van der Waals surface area contributed by atoms with Crippen LogP contribution in [0.2, 0.25) is 0 Å². The molecule has 0 saturated heterocycles. The molecule has 0 radical (unpaired) electrons. The van der Waals surface area contributed by atoms with Gasteiger partial charge < -0.3 is 29.4 Å². The number of methoxy groups -OCH3 is 3. The average molecular weight is 433 g/mol. The van der Waals surface area contributed by atoms with Crippen LogP contribution in [0, 0.1) is 6.92 Å². The number of carbonyl (C=O) groups excluding carboxylic acids is 2. The quantitative estimate of drug-likeness (QED) is 0.595. The van der Waals surface area contributed by atoms with Gasteiger partial charge in [0.2, 0.25) is 11.7 Å². The minimum Gasteiger partial charge on any atom is -0.493 e. The predicted molar refractivity (Wildman–Crippen MR) is 115 cm³/mol. The van der Waals surface area contributed by atoms with Crippen LogP contribution in [0.5, 0.6) is 17.2 Å². The molecule has 9 nitrogen and oxygen atoms in total. The smallest absolute Gasteiger partial charge is 0.268 e. The Bertz CT molecular complexity index is 1100. The Hall–Kier alpha value is -3.27. The Morgan fingerprint density at radius 1 is 1.13 bits per heavy atom. The van der Waals surface area contributed by atoms with E-state index in [0.717, 1.165) is 10.3 Å². The summed E-state index contributed by atoms with van der Waals surface area (Å²) >= 11 is 1.37. The maximum Gasteiger partial charge on any atom is 0.268 e. The van der Waals surface area contributed by atoms with Gasteiger partial charge in [-0.1, -0.05) is 0 Å². The lowest BCUT2D eigenvalue weighted by Crippen LogP contribution is -2.42. The number of rotatable bonds is 7. The van der Waals surface area contributed by atoms with E-state index in [1.807, 2.05) is 6.92 Å². The zero-order valence-electron chi connectivity index (χ0n) is 17.7. The number of nitrogens with one attached hydrogen (secondary N) is 2. The van der Waals surface area contributed by atoms with Gasteiger partial charge in [0.05, 0.1) is 26.8 Å². The van der Waals surface area contributed by atoms with Crippen LogP contribution in [0.1, 0.15) is 22.3 Å². The van der Waals surface area contributed by atoms with E-state index in [1.54, 1.807) is 36.9 Å². The second-order valence-corrected chi connectivity index (χ2v) is 7.87. The van der Waals surface area contributed by atoms with Gasteiger partial charge in [-0.05, 0) is 26.0 Å². The van der Waals surface area contributed by atoms with E-state index in [1.165, 1.54) is 32.7 Å². The third kappa shape index (κ3) is 3.90. The van der Waals surface area contributed by atoms with Crippen molar-refractivity contribution in [2.75, 3.05) is 26.6 Å². The number of hydrogen-bond acceptors (Lipinski definition) is 7. The molecule has 0 aliphatic heterocycles. The second kappa shape index (κ2) is 8.62. The fourth-order valence-corrected chi connectivity index (χ4v) is 3.83. The van der Waals surface area contributed by atoms with E-state index in [4.69, 9.17) is 14.2 Å². The van der Waals surface area contributed by atoms with E-state index in [0.29, 0.717) is 33.6 Å². The molecule has 3 aromatic rings. The number of ether oxygens (including phenoxy) is 3. The molecule has 0 fully saturated rings. The highest BCUT2D eigenvalue weighted by Gasteiger charge is 2.24. The molecule has 2 heterocycles. The van der Waals surface area contributed by atoms with Crippen LogP contribution in [-0.4, -0.2) is 48.7 Å². The number of aromatic nitrogens is 2. The summed E-state index contributed by atoms with van der Waals surface area (Å²) in [6.45, 7) is 3.51. The first-order valence-electron chi connectivity index (χ1n) is 9.13. The number of benzene rings is 1.